The van der Waals surface area contributed by atoms with Crippen molar-refractivity contribution in [3.8, 4) is 0 Å². The van der Waals surface area contributed by atoms with Crippen LogP contribution in [-0.4, -0.2) is 49.3 Å². The third kappa shape index (κ3) is 3.57. The number of aliphatic hydroxyl groups excluding tert-OH is 1. The van der Waals surface area contributed by atoms with Crippen LogP contribution >= 0.6 is 0 Å². The van der Waals surface area contributed by atoms with Crippen molar-refractivity contribution in [2.24, 2.45) is 0 Å². The van der Waals surface area contributed by atoms with E-state index in [4.69, 9.17) is 5.11 Å². The molecule has 0 aliphatic carbocycles. The van der Waals surface area contributed by atoms with Gasteiger partial charge in [0.15, 0.2) is 0 Å². The Morgan fingerprint density at radius 2 is 1.90 bits per heavy atom. The summed E-state index contributed by atoms with van der Waals surface area (Å²) in [5.41, 5.74) is 4.50. The quantitative estimate of drug-likeness (QED) is 0.780. The van der Waals surface area contributed by atoms with E-state index in [-0.39, 0.29) is 0 Å². The molecule has 2 aliphatic heterocycles. The molecule has 2 heterocycles. The normalized spacial score (nSPS) is 19.0. The van der Waals surface area contributed by atoms with Crippen molar-refractivity contribution < 1.29 is 5.11 Å². The van der Waals surface area contributed by atoms with Gasteiger partial charge >= 0.3 is 0 Å². The van der Waals surface area contributed by atoms with E-state index in [0.717, 1.165) is 58.7 Å². The number of nitrogens with one attached hydrogen (secondary N) is 1. The highest BCUT2D eigenvalue weighted by Gasteiger charge is 2.23. The molecule has 0 unspecified atom stereocenters. The van der Waals surface area contributed by atoms with Crippen molar-refractivity contribution in [1.82, 2.24) is 10.2 Å². The minimum absolute atomic E-state index is 0.327. The maximum Gasteiger partial charge on any atom is 0.0431 e. The van der Waals surface area contributed by atoms with Crippen LogP contribution in [0.2, 0.25) is 0 Å². The fraction of sp³-hybridized carbons (Fsp3) is 0.647. The van der Waals surface area contributed by atoms with Crippen LogP contribution < -0.4 is 10.2 Å². The topological polar surface area (TPSA) is 38.7 Å². The van der Waals surface area contributed by atoms with Gasteiger partial charge in [0.2, 0.25) is 0 Å². The fourth-order valence-electron chi connectivity index (χ4n) is 3.46. The number of fused-ring (bicyclic) bond motifs is 1. The summed E-state index contributed by atoms with van der Waals surface area (Å²) >= 11 is 0. The van der Waals surface area contributed by atoms with Gasteiger partial charge in [0.25, 0.3) is 0 Å². The zero-order chi connectivity index (χ0) is 14.5. The lowest BCUT2D eigenvalue weighted by atomic mass is 10.1. The minimum atomic E-state index is 0.327. The molecule has 1 fully saturated rings. The second-order valence-corrected chi connectivity index (χ2v) is 6.15. The summed E-state index contributed by atoms with van der Waals surface area (Å²) in [7, 11) is 0. The Morgan fingerprint density at radius 3 is 2.71 bits per heavy atom. The monoisotopic (exact) mass is 289 g/mol. The van der Waals surface area contributed by atoms with E-state index in [1.54, 1.807) is 5.56 Å². The Labute approximate surface area is 127 Å². The van der Waals surface area contributed by atoms with Crippen molar-refractivity contribution in [3.63, 3.8) is 0 Å². The van der Waals surface area contributed by atoms with Gasteiger partial charge in [-0.15, -0.1) is 0 Å². The molecule has 2 aliphatic rings. The smallest absolute Gasteiger partial charge is 0.0431 e. The minimum Gasteiger partial charge on any atom is -0.396 e. The summed E-state index contributed by atoms with van der Waals surface area (Å²) < 4.78 is 0. The van der Waals surface area contributed by atoms with Crippen LogP contribution in [0.25, 0.3) is 0 Å². The molecule has 1 aromatic rings. The largest absolute Gasteiger partial charge is 0.396 e. The van der Waals surface area contributed by atoms with E-state index >= 15 is 0 Å². The number of nitrogens with zero attached hydrogens (tertiary/aromatic N) is 2. The van der Waals surface area contributed by atoms with Crippen molar-refractivity contribution in [2.45, 2.75) is 32.4 Å². The maximum absolute atomic E-state index is 8.86. The molecule has 0 atom stereocenters. The van der Waals surface area contributed by atoms with Gasteiger partial charge < -0.3 is 15.3 Å². The first-order valence-corrected chi connectivity index (χ1v) is 8.28. The van der Waals surface area contributed by atoms with Crippen LogP contribution in [-0.2, 0) is 13.1 Å². The highest BCUT2D eigenvalue weighted by molar-refractivity contribution is 5.58. The highest BCUT2D eigenvalue weighted by Crippen LogP contribution is 2.32. The van der Waals surface area contributed by atoms with Gasteiger partial charge in [0.05, 0.1) is 0 Å². The summed E-state index contributed by atoms with van der Waals surface area (Å²) in [6.07, 6.45) is 3.26. The average Bonchev–Trinajstić information content (AvgIpc) is 2.95. The Balaban J connectivity index is 1.62. The van der Waals surface area contributed by atoms with Crippen molar-refractivity contribution in [3.05, 3.63) is 29.3 Å². The Morgan fingerprint density at radius 1 is 1.05 bits per heavy atom. The Bertz CT molecular complexity index is 457. The van der Waals surface area contributed by atoms with Gasteiger partial charge in [-0.1, -0.05) is 12.1 Å². The van der Waals surface area contributed by atoms with Crippen molar-refractivity contribution in [2.75, 3.05) is 44.2 Å². The lowest BCUT2D eigenvalue weighted by molar-refractivity contribution is 0.257. The molecule has 4 nitrogen and oxygen atoms in total. The molecule has 0 radical (unpaired) electrons. The molecule has 0 bridgehead atoms. The number of piperazine rings is 1. The molecule has 3 rings (SSSR count). The van der Waals surface area contributed by atoms with Crippen LogP contribution in [0.4, 0.5) is 5.69 Å². The van der Waals surface area contributed by atoms with Crippen LogP contribution in [0.3, 0.4) is 0 Å². The summed E-state index contributed by atoms with van der Waals surface area (Å²) in [6, 6.07) is 6.79. The van der Waals surface area contributed by atoms with Gasteiger partial charge in [0, 0.05) is 51.6 Å². The highest BCUT2D eigenvalue weighted by atomic mass is 16.2. The first-order valence-electron chi connectivity index (χ1n) is 8.28. The number of hydrogen-bond acceptors (Lipinski definition) is 4. The molecule has 1 saturated heterocycles. The average molecular weight is 289 g/mol. The first-order chi connectivity index (χ1) is 10.4. The van der Waals surface area contributed by atoms with Gasteiger partial charge in [0.1, 0.15) is 0 Å². The van der Waals surface area contributed by atoms with E-state index in [1.165, 1.54) is 17.7 Å². The zero-order valence-electron chi connectivity index (χ0n) is 12.9. The van der Waals surface area contributed by atoms with E-state index < -0.39 is 0 Å². The predicted molar refractivity (Wildman–Crippen MR) is 86.6 cm³/mol. The Hall–Kier alpha value is -1.10. The zero-order valence-corrected chi connectivity index (χ0v) is 12.9. The van der Waals surface area contributed by atoms with Crippen LogP contribution in [0, 0.1) is 0 Å². The lowest BCUT2D eigenvalue weighted by Gasteiger charge is -2.31. The van der Waals surface area contributed by atoms with Crippen LogP contribution in [0.15, 0.2) is 18.2 Å². The summed E-state index contributed by atoms with van der Waals surface area (Å²) in [5, 5.41) is 12.3. The number of benzene rings is 1. The third-order valence-corrected chi connectivity index (χ3v) is 4.61. The lowest BCUT2D eigenvalue weighted by Crippen LogP contribution is -2.43. The van der Waals surface area contributed by atoms with Crippen LogP contribution in [0.5, 0.6) is 0 Å². The number of hydrogen-bond donors (Lipinski definition) is 2. The van der Waals surface area contributed by atoms with E-state index in [1.807, 2.05) is 0 Å². The molecule has 1 aromatic carbocycles. The molecule has 0 aromatic heterocycles. The Kier molecular flexibility index (Phi) is 5.12. The number of aliphatic hydroxyl groups is 1. The summed E-state index contributed by atoms with van der Waals surface area (Å²) in [4.78, 5) is 5.08. The molecule has 0 spiro atoms. The van der Waals surface area contributed by atoms with E-state index in [2.05, 4.69) is 33.3 Å². The number of rotatable bonds is 6. The van der Waals surface area contributed by atoms with Crippen LogP contribution in [0.1, 0.15) is 30.4 Å². The third-order valence-electron chi connectivity index (χ3n) is 4.61. The molecule has 0 saturated carbocycles. The summed E-state index contributed by atoms with van der Waals surface area (Å²) in [6.45, 7) is 8.08. The van der Waals surface area contributed by atoms with Gasteiger partial charge in [-0.3, -0.25) is 4.90 Å². The molecule has 21 heavy (non-hydrogen) atoms. The van der Waals surface area contributed by atoms with Gasteiger partial charge in [-0.2, -0.15) is 0 Å². The second kappa shape index (κ2) is 7.25. The molecule has 0 amide bonds. The molecule has 116 valence electrons. The first kappa shape index (κ1) is 14.8. The number of anilines is 1. The molecular formula is C17H27N3O. The van der Waals surface area contributed by atoms with Crippen molar-refractivity contribution in [1.29, 1.82) is 0 Å². The number of unbranched alkanes of at least 4 members (excludes halogenated alkanes) is 2. The molecular weight excluding hydrogens is 262 g/mol. The van der Waals surface area contributed by atoms with Crippen molar-refractivity contribution >= 4 is 5.69 Å². The van der Waals surface area contributed by atoms with Gasteiger partial charge in [-0.25, -0.2) is 0 Å². The maximum atomic E-state index is 8.86. The predicted octanol–water partition coefficient (Wildman–Crippen LogP) is 1.57. The second-order valence-electron chi connectivity index (χ2n) is 6.15. The standard InChI is InChI=1S/C17H27N3O/c21-12-3-1-2-9-19-13-15-5-4-6-17(16(15)14-19)20-10-7-18-8-11-20/h4-6,18,21H,1-3,7-14H2. The van der Waals surface area contributed by atoms with E-state index in [9.17, 15) is 0 Å². The molecule has 4 heteroatoms. The fourth-order valence-corrected chi connectivity index (χ4v) is 3.46. The van der Waals surface area contributed by atoms with Gasteiger partial charge in [-0.05, 0) is 43.0 Å². The molecule has 2 N–H and O–H groups in total. The summed E-state index contributed by atoms with van der Waals surface area (Å²) in [5.74, 6) is 0. The SMILES string of the molecule is OCCCCCN1Cc2cccc(N3CCNCC3)c2C1. The van der Waals surface area contributed by atoms with E-state index in [0.29, 0.717) is 6.61 Å².